The average molecular weight is 203 g/mol. The first kappa shape index (κ1) is 11.4. The van der Waals surface area contributed by atoms with E-state index in [1.165, 1.54) is 0 Å². The Morgan fingerprint density at radius 2 is 2.00 bits per heavy atom. The number of aliphatic hydroxyl groups excluding tert-OH is 2. The molecule has 1 heterocycles. The van der Waals surface area contributed by atoms with Crippen molar-refractivity contribution in [1.82, 2.24) is 10.3 Å². The molecule has 0 spiro atoms. The number of hydrogen-bond acceptors (Lipinski definition) is 5. The van der Waals surface area contributed by atoms with Gasteiger partial charge < -0.3 is 10.2 Å². The fourth-order valence-corrected chi connectivity index (χ4v) is 1.56. The zero-order valence-electron chi connectivity index (χ0n) is 8.02. The average Bonchev–Trinajstić information content (AvgIpc) is 2.46. The number of hydrogen-bond donors (Lipinski definition) is 4. The van der Waals surface area contributed by atoms with E-state index in [4.69, 9.17) is 5.84 Å². The highest BCUT2D eigenvalue weighted by Crippen LogP contribution is 2.10. The first-order valence-corrected chi connectivity index (χ1v) is 4.71. The number of hydrazine groups is 1. The van der Waals surface area contributed by atoms with Crippen molar-refractivity contribution in [2.75, 3.05) is 19.6 Å². The lowest BCUT2D eigenvalue weighted by molar-refractivity contribution is -0.121. The molecular weight excluding hydrogens is 186 g/mol. The van der Waals surface area contributed by atoms with Crippen LogP contribution in [-0.2, 0) is 4.79 Å². The maximum absolute atomic E-state index is 10.8. The number of likely N-dealkylation sites (tertiary alicyclic amines) is 1. The summed E-state index contributed by atoms with van der Waals surface area (Å²) in [4.78, 5) is 12.7. The number of aliphatic hydroxyl groups is 2. The summed E-state index contributed by atoms with van der Waals surface area (Å²) in [6.45, 7) is 1.65. The van der Waals surface area contributed by atoms with Gasteiger partial charge >= 0.3 is 0 Å². The highest BCUT2D eigenvalue weighted by molar-refractivity contribution is 5.75. The Morgan fingerprint density at radius 1 is 1.43 bits per heavy atom. The summed E-state index contributed by atoms with van der Waals surface area (Å²) in [7, 11) is 0. The van der Waals surface area contributed by atoms with Gasteiger partial charge in [0.1, 0.15) is 0 Å². The third-order valence-electron chi connectivity index (χ3n) is 2.37. The lowest BCUT2D eigenvalue weighted by Gasteiger charge is -2.13. The topological polar surface area (TPSA) is 98.8 Å². The fourth-order valence-electron chi connectivity index (χ4n) is 1.56. The minimum Gasteiger partial charge on any atom is -0.389 e. The number of amides is 1. The van der Waals surface area contributed by atoms with E-state index in [0.717, 1.165) is 0 Å². The van der Waals surface area contributed by atoms with E-state index in [1.54, 1.807) is 0 Å². The molecular formula is C8H17N3O3. The van der Waals surface area contributed by atoms with Crippen molar-refractivity contribution in [2.24, 2.45) is 5.84 Å². The predicted molar refractivity (Wildman–Crippen MR) is 50.0 cm³/mol. The molecule has 1 fully saturated rings. The first-order valence-electron chi connectivity index (χ1n) is 4.71. The molecule has 1 saturated heterocycles. The lowest BCUT2D eigenvalue weighted by Crippen LogP contribution is -2.31. The van der Waals surface area contributed by atoms with Crippen LogP contribution in [0.3, 0.4) is 0 Å². The van der Waals surface area contributed by atoms with Crippen LogP contribution in [0.25, 0.3) is 0 Å². The largest absolute Gasteiger partial charge is 0.389 e. The number of carbonyl (C=O) groups excluding carboxylic acids is 1. The van der Waals surface area contributed by atoms with Crippen molar-refractivity contribution in [3.63, 3.8) is 0 Å². The van der Waals surface area contributed by atoms with Crippen LogP contribution in [0.2, 0.25) is 0 Å². The van der Waals surface area contributed by atoms with Gasteiger partial charge in [0.25, 0.3) is 0 Å². The summed E-state index contributed by atoms with van der Waals surface area (Å²) in [5.41, 5.74) is 2.05. The summed E-state index contributed by atoms with van der Waals surface area (Å²) in [5.74, 6) is 4.73. The Hall–Kier alpha value is -0.690. The fraction of sp³-hybridized carbons (Fsp3) is 0.875. The van der Waals surface area contributed by atoms with Crippen LogP contribution in [0.4, 0.5) is 0 Å². The molecule has 1 rings (SSSR count). The summed E-state index contributed by atoms with van der Waals surface area (Å²) >= 11 is 0. The van der Waals surface area contributed by atoms with Gasteiger partial charge in [0.15, 0.2) is 0 Å². The molecule has 1 aliphatic rings. The third kappa shape index (κ3) is 3.22. The molecule has 1 aliphatic heterocycles. The molecule has 0 saturated carbocycles. The Morgan fingerprint density at radius 3 is 2.50 bits per heavy atom. The van der Waals surface area contributed by atoms with Crippen molar-refractivity contribution >= 4 is 5.91 Å². The van der Waals surface area contributed by atoms with Crippen LogP contribution < -0.4 is 11.3 Å². The minimum atomic E-state index is -0.654. The van der Waals surface area contributed by atoms with Gasteiger partial charge in [0.05, 0.1) is 12.2 Å². The number of β-amino-alcohol motifs (C(OH)–C–C–N with tert-alkyl or cyclic N) is 2. The molecule has 0 aromatic rings. The van der Waals surface area contributed by atoms with Gasteiger partial charge in [-0.05, 0) is 13.0 Å². The van der Waals surface area contributed by atoms with Crippen molar-refractivity contribution < 1.29 is 15.0 Å². The Kier molecular flexibility index (Phi) is 4.27. The smallest absolute Gasteiger partial charge is 0.233 e. The number of rotatable bonds is 4. The molecule has 0 aliphatic carbocycles. The molecule has 2 atom stereocenters. The summed E-state index contributed by atoms with van der Waals surface area (Å²) in [6, 6.07) is 0. The van der Waals surface area contributed by atoms with E-state index < -0.39 is 12.2 Å². The van der Waals surface area contributed by atoms with Crippen LogP contribution >= 0.6 is 0 Å². The van der Waals surface area contributed by atoms with Gasteiger partial charge in [-0.1, -0.05) is 0 Å². The molecule has 1 amide bonds. The summed E-state index contributed by atoms with van der Waals surface area (Å²) in [6.07, 6.45) is -0.251. The molecule has 2 unspecified atom stereocenters. The standard InChI is InChI=1S/C8H17N3O3/c9-10-8(14)2-1-3-11-4-6(12)7(13)5-11/h6-7,12-13H,1-5,9H2,(H,10,14). The normalized spacial score (nSPS) is 27.9. The predicted octanol–water partition coefficient (Wildman–Crippen LogP) is -2.21. The van der Waals surface area contributed by atoms with Gasteiger partial charge in [-0.25, -0.2) is 5.84 Å². The zero-order valence-corrected chi connectivity index (χ0v) is 8.02. The van der Waals surface area contributed by atoms with Crippen LogP contribution in [0, 0.1) is 0 Å². The van der Waals surface area contributed by atoms with E-state index in [-0.39, 0.29) is 5.91 Å². The monoisotopic (exact) mass is 203 g/mol. The van der Waals surface area contributed by atoms with Gasteiger partial charge in [-0.3, -0.25) is 15.1 Å². The van der Waals surface area contributed by atoms with Gasteiger partial charge in [0.2, 0.25) is 5.91 Å². The second kappa shape index (κ2) is 5.26. The molecule has 5 N–H and O–H groups in total. The van der Waals surface area contributed by atoms with Crippen molar-refractivity contribution in [1.29, 1.82) is 0 Å². The maximum atomic E-state index is 10.8. The number of nitrogens with one attached hydrogen (secondary N) is 1. The summed E-state index contributed by atoms with van der Waals surface area (Å²) < 4.78 is 0. The van der Waals surface area contributed by atoms with Crippen molar-refractivity contribution in [3.05, 3.63) is 0 Å². The molecule has 0 aromatic carbocycles. The van der Waals surface area contributed by atoms with Crippen LogP contribution in [-0.4, -0.2) is 52.9 Å². The Labute approximate surface area is 82.7 Å². The SMILES string of the molecule is NNC(=O)CCCN1CC(O)C(O)C1. The quantitative estimate of drug-likeness (QED) is 0.236. The summed E-state index contributed by atoms with van der Waals surface area (Å²) in [5, 5.41) is 18.5. The minimum absolute atomic E-state index is 0.190. The third-order valence-corrected chi connectivity index (χ3v) is 2.37. The number of carbonyl (C=O) groups is 1. The molecule has 6 heteroatoms. The second-order valence-electron chi connectivity index (χ2n) is 3.57. The highest BCUT2D eigenvalue weighted by Gasteiger charge is 2.28. The second-order valence-corrected chi connectivity index (χ2v) is 3.57. The van der Waals surface area contributed by atoms with Crippen LogP contribution in [0.15, 0.2) is 0 Å². The van der Waals surface area contributed by atoms with E-state index in [0.29, 0.717) is 32.5 Å². The van der Waals surface area contributed by atoms with Gasteiger partial charge in [0, 0.05) is 19.5 Å². The lowest BCUT2D eigenvalue weighted by atomic mass is 10.3. The van der Waals surface area contributed by atoms with Gasteiger partial charge in [-0.15, -0.1) is 0 Å². The van der Waals surface area contributed by atoms with Crippen molar-refractivity contribution in [3.8, 4) is 0 Å². The van der Waals surface area contributed by atoms with Gasteiger partial charge in [-0.2, -0.15) is 0 Å². The Balaban J connectivity index is 2.11. The Bertz CT molecular complexity index is 190. The van der Waals surface area contributed by atoms with E-state index in [2.05, 4.69) is 5.43 Å². The zero-order chi connectivity index (χ0) is 10.6. The van der Waals surface area contributed by atoms with Crippen LogP contribution in [0.1, 0.15) is 12.8 Å². The highest BCUT2D eigenvalue weighted by atomic mass is 16.3. The molecule has 0 bridgehead atoms. The van der Waals surface area contributed by atoms with E-state index in [9.17, 15) is 15.0 Å². The number of nitrogens with two attached hydrogens (primary N) is 1. The maximum Gasteiger partial charge on any atom is 0.233 e. The van der Waals surface area contributed by atoms with E-state index in [1.807, 2.05) is 4.90 Å². The number of nitrogens with zero attached hydrogens (tertiary/aromatic N) is 1. The van der Waals surface area contributed by atoms with Crippen molar-refractivity contribution in [2.45, 2.75) is 25.0 Å². The molecule has 6 nitrogen and oxygen atoms in total. The molecule has 0 aromatic heterocycles. The molecule has 0 radical (unpaired) electrons. The molecule has 82 valence electrons. The van der Waals surface area contributed by atoms with E-state index >= 15 is 0 Å². The van der Waals surface area contributed by atoms with Crippen LogP contribution in [0.5, 0.6) is 0 Å². The molecule has 14 heavy (non-hydrogen) atoms. The first-order chi connectivity index (χ1) is 6.63.